The predicted octanol–water partition coefficient (Wildman–Crippen LogP) is 4.21. The molecule has 0 amide bonds. The van der Waals surface area contributed by atoms with Crippen molar-refractivity contribution in [3.63, 3.8) is 0 Å². The molecule has 4 aromatic rings. The molecule has 5 rings (SSSR count). The molecule has 94 valence electrons. The van der Waals surface area contributed by atoms with Crippen LogP contribution in [0.15, 0.2) is 54.6 Å². The Balaban J connectivity index is 2.21. The van der Waals surface area contributed by atoms with E-state index in [1.54, 1.807) is 0 Å². The molecule has 2 aromatic carbocycles. The SMILES string of the molecule is C1=Cc2nc3ccccc3n3c2c(c2ccccc23)C1. The Morgan fingerprint density at radius 2 is 1.70 bits per heavy atom. The second-order valence-electron chi connectivity index (χ2n) is 5.27. The third-order valence-corrected chi connectivity index (χ3v) is 4.18. The van der Waals surface area contributed by atoms with Gasteiger partial charge in [0, 0.05) is 5.39 Å². The Morgan fingerprint density at radius 3 is 2.65 bits per heavy atom. The molecule has 1 aliphatic rings. The van der Waals surface area contributed by atoms with E-state index in [0.717, 1.165) is 17.6 Å². The first-order valence-electron chi connectivity index (χ1n) is 6.91. The summed E-state index contributed by atoms with van der Waals surface area (Å²) in [5, 5.41) is 1.34. The van der Waals surface area contributed by atoms with E-state index in [2.05, 4.69) is 59.0 Å². The average Bonchev–Trinajstić information content (AvgIpc) is 2.85. The normalized spacial score (nSPS) is 13.6. The molecule has 0 unspecified atom stereocenters. The van der Waals surface area contributed by atoms with E-state index in [1.165, 1.54) is 27.5 Å². The van der Waals surface area contributed by atoms with Gasteiger partial charge in [0.2, 0.25) is 0 Å². The molecule has 0 saturated heterocycles. The number of aromatic nitrogens is 2. The third-order valence-electron chi connectivity index (χ3n) is 4.18. The molecule has 0 atom stereocenters. The zero-order valence-corrected chi connectivity index (χ0v) is 10.9. The molecule has 0 saturated carbocycles. The first-order valence-corrected chi connectivity index (χ1v) is 6.91. The van der Waals surface area contributed by atoms with Crippen molar-refractivity contribution < 1.29 is 0 Å². The maximum atomic E-state index is 4.82. The summed E-state index contributed by atoms with van der Waals surface area (Å²) in [7, 11) is 0. The lowest BCUT2D eigenvalue weighted by atomic mass is 10.0. The molecular weight excluding hydrogens is 244 g/mol. The van der Waals surface area contributed by atoms with E-state index in [-0.39, 0.29) is 0 Å². The van der Waals surface area contributed by atoms with Crippen LogP contribution in [0.5, 0.6) is 0 Å². The number of hydrogen-bond donors (Lipinski definition) is 0. The van der Waals surface area contributed by atoms with Gasteiger partial charge in [0.05, 0.1) is 27.8 Å². The Morgan fingerprint density at radius 1 is 0.900 bits per heavy atom. The number of hydrogen-bond acceptors (Lipinski definition) is 1. The molecule has 2 heteroatoms. The van der Waals surface area contributed by atoms with Gasteiger partial charge in [-0.05, 0) is 36.3 Å². The van der Waals surface area contributed by atoms with Crippen LogP contribution in [-0.4, -0.2) is 9.38 Å². The molecule has 0 fully saturated rings. The van der Waals surface area contributed by atoms with Gasteiger partial charge in [-0.25, -0.2) is 4.98 Å². The molecule has 20 heavy (non-hydrogen) atoms. The maximum Gasteiger partial charge on any atom is 0.0878 e. The first-order chi connectivity index (χ1) is 9.93. The highest BCUT2D eigenvalue weighted by Gasteiger charge is 2.18. The van der Waals surface area contributed by atoms with Gasteiger partial charge in [-0.1, -0.05) is 36.4 Å². The summed E-state index contributed by atoms with van der Waals surface area (Å²) >= 11 is 0. The number of allylic oxidation sites excluding steroid dienone is 1. The third kappa shape index (κ3) is 1.12. The second-order valence-corrected chi connectivity index (χ2v) is 5.27. The van der Waals surface area contributed by atoms with Crippen molar-refractivity contribution in [2.75, 3.05) is 0 Å². The number of rotatable bonds is 0. The van der Waals surface area contributed by atoms with E-state index < -0.39 is 0 Å². The fourth-order valence-corrected chi connectivity index (χ4v) is 3.37. The number of para-hydroxylation sites is 3. The molecular formula is C18H12N2. The number of fused-ring (bicyclic) bond motifs is 5. The average molecular weight is 256 g/mol. The molecule has 2 heterocycles. The van der Waals surface area contributed by atoms with E-state index >= 15 is 0 Å². The molecule has 0 radical (unpaired) electrons. The van der Waals surface area contributed by atoms with Gasteiger partial charge in [-0.3, -0.25) is 0 Å². The van der Waals surface area contributed by atoms with Gasteiger partial charge >= 0.3 is 0 Å². The fraction of sp³-hybridized carbons (Fsp3) is 0.0556. The van der Waals surface area contributed by atoms with E-state index in [4.69, 9.17) is 4.98 Å². The Bertz CT molecular complexity index is 1020. The van der Waals surface area contributed by atoms with E-state index in [0.29, 0.717) is 0 Å². The monoisotopic (exact) mass is 256 g/mol. The van der Waals surface area contributed by atoms with Gasteiger partial charge in [-0.15, -0.1) is 0 Å². The smallest absolute Gasteiger partial charge is 0.0878 e. The van der Waals surface area contributed by atoms with Gasteiger partial charge < -0.3 is 4.40 Å². The van der Waals surface area contributed by atoms with Crippen LogP contribution < -0.4 is 0 Å². The summed E-state index contributed by atoms with van der Waals surface area (Å²) < 4.78 is 2.37. The van der Waals surface area contributed by atoms with E-state index in [1.807, 2.05) is 6.07 Å². The molecule has 0 bridgehead atoms. The van der Waals surface area contributed by atoms with E-state index in [9.17, 15) is 0 Å². The lowest BCUT2D eigenvalue weighted by molar-refractivity contribution is 1.20. The summed E-state index contributed by atoms with van der Waals surface area (Å²) in [6, 6.07) is 17.0. The maximum absolute atomic E-state index is 4.82. The standard InChI is InChI=1S/C18H12N2/c1-3-10-16-12(6-1)13-7-5-9-15-18(13)20(16)17-11-4-2-8-14(17)19-15/h1-6,8-11H,7H2. The van der Waals surface area contributed by atoms with Crippen LogP contribution >= 0.6 is 0 Å². The van der Waals surface area contributed by atoms with Crippen LogP contribution in [0.2, 0.25) is 0 Å². The predicted molar refractivity (Wildman–Crippen MR) is 82.9 cm³/mol. The Hall–Kier alpha value is -2.61. The summed E-state index contributed by atoms with van der Waals surface area (Å²) in [6.07, 6.45) is 5.35. The summed E-state index contributed by atoms with van der Waals surface area (Å²) in [4.78, 5) is 4.82. The highest BCUT2D eigenvalue weighted by Crippen LogP contribution is 2.34. The molecule has 2 nitrogen and oxygen atoms in total. The zero-order chi connectivity index (χ0) is 13.1. The van der Waals surface area contributed by atoms with Gasteiger partial charge in [-0.2, -0.15) is 0 Å². The highest BCUT2D eigenvalue weighted by molar-refractivity contribution is 6.00. The fourth-order valence-electron chi connectivity index (χ4n) is 3.37. The lowest BCUT2D eigenvalue weighted by Crippen LogP contribution is -1.98. The molecule has 1 aliphatic carbocycles. The number of nitrogens with zero attached hydrogens (tertiary/aromatic N) is 2. The van der Waals surface area contributed by atoms with Crippen molar-refractivity contribution in [2.45, 2.75) is 6.42 Å². The topological polar surface area (TPSA) is 17.3 Å². The Labute approximate surface area is 116 Å². The van der Waals surface area contributed by atoms with Gasteiger partial charge in [0.25, 0.3) is 0 Å². The summed E-state index contributed by atoms with van der Waals surface area (Å²) in [6.45, 7) is 0. The molecule has 0 aliphatic heterocycles. The Kier molecular flexibility index (Phi) is 1.78. The lowest BCUT2D eigenvalue weighted by Gasteiger charge is -2.10. The summed E-state index contributed by atoms with van der Waals surface area (Å²) in [5.41, 5.74) is 7.27. The molecule has 0 spiro atoms. The van der Waals surface area contributed by atoms with Crippen LogP contribution in [0, 0.1) is 0 Å². The molecule has 0 N–H and O–H groups in total. The zero-order valence-electron chi connectivity index (χ0n) is 10.9. The van der Waals surface area contributed by atoms with Crippen molar-refractivity contribution in [1.29, 1.82) is 0 Å². The minimum Gasteiger partial charge on any atom is -0.305 e. The van der Waals surface area contributed by atoms with Gasteiger partial charge in [0.1, 0.15) is 0 Å². The summed E-state index contributed by atoms with van der Waals surface area (Å²) in [5.74, 6) is 0. The first kappa shape index (κ1) is 10.2. The molecule has 2 aromatic heterocycles. The van der Waals surface area contributed by atoms with Crippen LogP contribution in [0.4, 0.5) is 0 Å². The van der Waals surface area contributed by atoms with Crippen LogP contribution in [-0.2, 0) is 6.42 Å². The minimum absolute atomic E-state index is 0.990. The number of benzene rings is 2. The van der Waals surface area contributed by atoms with Crippen LogP contribution in [0.1, 0.15) is 11.3 Å². The second kappa shape index (κ2) is 3.48. The van der Waals surface area contributed by atoms with Crippen LogP contribution in [0.3, 0.4) is 0 Å². The van der Waals surface area contributed by atoms with Crippen molar-refractivity contribution in [3.05, 3.63) is 65.9 Å². The quantitative estimate of drug-likeness (QED) is 0.460. The highest BCUT2D eigenvalue weighted by atomic mass is 15.0. The van der Waals surface area contributed by atoms with Crippen molar-refractivity contribution in [2.24, 2.45) is 0 Å². The van der Waals surface area contributed by atoms with Crippen molar-refractivity contribution >= 4 is 33.5 Å². The van der Waals surface area contributed by atoms with Crippen LogP contribution in [0.25, 0.3) is 33.5 Å². The minimum atomic E-state index is 0.990. The largest absolute Gasteiger partial charge is 0.305 e. The van der Waals surface area contributed by atoms with Gasteiger partial charge in [0.15, 0.2) is 0 Å². The van der Waals surface area contributed by atoms with Crippen molar-refractivity contribution in [1.82, 2.24) is 9.38 Å². The van der Waals surface area contributed by atoms with Crippen molar-refractivity contribution in [3.8, 4) is 0 Å².